The van der Waals surface area contributed by atoms with E-state index >= 15 is 0 Å². The smallest absolute Gasteiger partial charge is 0.203 e. The number of nitrogens with zero attached hydrogens (tertiary/aromatic N) is 2. The van der Waals surface area contributed by atoms with Crippen LogP contribution in [-0.2, 0) is 0 Å². The Bertz CT molecular complexity index is 432. The molecule has 0 radical (unpaired) electrons. The van der Waals surface area contributed by atoms with Gasteiger partial charge in [0.2, 0.25) is 5.13 Å². The molecule has 2 heterocycles. The number of anilines is 1. The highest BCUT2D eigenvalue weighted by Gasteiger charge is 2.11. The number of nitrogen functional groups attached to an aromatic ring is 1. The molecule has 2 rings (SSSR count). The Hall–Kier alpha value is -1.36. The third-order valence-electron chi connectivity index (χ3n) is 1.96. The molecule has 0 aliphatic rings. The van der Waals surface area contributed by atoms with E-state index in [1.165, 1.54) is 11.3 Å². The number of aryl methyl sites for hydroxylation is 1. The van der Waals surface area contributed by atoms with Gasteiger partial charge in [0.1, 0.15) is 12.0 Å². The summed E-state index contributed by atoms with van der Waals surface area (Å²) in [5.41, 5.74) is 7.56. The van der Waals surface area contributed by atoms with Crippen LogP contribution in [0.25, 0.3) is 10.6 Å². The van der Waals surface area contributed by atoms with Gasteiger partial charge in [-0.1, -0.05) is 11.3 Å². The van der Waals surface area contributed by atoms with Crippen molar-refractivity contribution in [1.29, 1.82) is 0 Å². The number of hydrogen-bond acceptors (Lipinski definition) is 5. The molecule has 0 aromatic carbocycles. The Balaban J connectivity index is 2.52. The van der Waals surface area contributed by atoms with Gasteiger partial charge in [-0.3, -0.25) is 0 Å². The molecule has 4 nitrogen and oxygen atoms in total. The summed E-state index contributed by atoms with van der Waals surface area (Å²) in [5, 5.41) is 8.98. The molecule has 0 spiro atoms. The van der Waals surface area contributed by atoms with Crippen LogP contribution in [-0.4, -0.2) is 10.2 Å². The van der Waals surface area contributed by atoms with Crippen molar-refractivity contribution in [3.05, 3.63) is 17.6 Å². The normalized spacial score (nSPS) is 10.6. The quantitative estimate of drug-likeness (QED) is 0.755. The molecule has 0 saturated carbocycles. The highest BCUT2D eigenvalue weighted by molar-refractivity contribution is 7.18. The van der Waals surface area contributed by atoms with Crippen LogP contribution in [0.15, 0.2) is 10.7 Å². The monoisotopic (exact) mass is 195 g/mol. The first-order valence-corrected chi connectivity index (χ1v) is 4.64. The zero-order valence-corrected chi connectivity index (χ0v) is 8.18. The molecule has 0 bridgehead atoms. The zero-order chi connectivity index (χ0) is 9.42. The van der Waals surface area contributed by atoms with Crippen LogP contribution in [0.4, 0.5) is 5.13 Å². The van der Waals surface area contributed by atoms with Gasteiger partial charge in [0.15, 0.2) is 5.01 Å². The third-order valence-corrected chi connectivity index (χ3v) is 2.74. The average Bonchev–Trinajstić information content (AvgIpc) is 2.62. The van der Waals surface area contributed by atoms with Gasteiger partial charge in [-0.2, -0.15) is 0 Å². The SMILES string of the molecule is Cc1occ(-c2nnc(N)s2)c1C. The standard InChI is InChI=1S/C8H9N3OS/c1-4-5(2)12-3-6(4)7-10-11-8(9)13-7/h3H,1-2H3,(H2,9,11). The lowest BCUT2D eigenvalue weighted by Gasteiger charge is -1.89. The predicted molar refractivity (Wildman–Crippen MR) is 51.5 cm³/mol. The molecule has 68 valence electrons. The second-order valence-electron chi connectivity index (χ2n) is 2.78. The Morgan fingerprint density at radius 2 is 2.15 bits per heavy atom. The zero-order valence-electron chi connectivity index (χ0n) is 7.37. The number of furan rings is 1. The molecule has 2 aromatic rings. The van der Waals surface area contributed by atoms with E-state index < -0.39 is 0 Å². The van der Waals surface area contributed by atoms with Gasteiger partial charge < -0.3 is 10.2 Å². The number of hydrogen-bond donors (Lipinski definition) is 1. The molecular weight excluding hydrogens is 186 g/mol. The lowest BCUT2D eigenvalue weighted by Crippen LogP contribution is -1.80. The van der Waals surface area contributed by atoms with E-state index in [0.717, 1.165) is 21.9 Å². The van der Waals surface area contributed by atoms with Gasteiger partial charge in [-0.15, -0.1) is 10.2 Å². The molecule has 13 heavy (non-hydrogen) atoms. The third kappa shape index (κ3) is 1.31. The fourth-order valence-corrected chi connectivity index (χ4v) is 1.74. The van der Waals surface area contributed by atoms with Crippen molar-refractivity contribution in [1.82, 2.24) is 10.2 Å². The second kappa shape index (κ2) is 2.85. The van der Waals surface area contributed by atoms with Gasteiger partial charge in [0, 0.05) is 5.56 Å². The summed E-state index contributed by atoms with van der Waals surface area (Å²) < 4.78 is 5.26. The maximum atomic E-state index is 5.49. The lowest BCUT2D eigenvalue weighted by molar-refractivity contribution is 0.532. The van der Waals surface area contributed by atoms with Gasteiger partial charge in [0.05, 0.1) is 5.56 Å². The van der Waals surface area contributed by atoms with Crippen LogP contribution < -0.4 is 5.73 Å². The largest absolute Gasteiger partial charge is 0.469 e. The van der Waals surface area contributed by atoms with Crippen LogP contribution in [0.2, 0.25) is 0 Å². The molecule has 0 aliphatic heterocycles. The van der Waals surface area contributed by atoms with Crippen molar-refractivity contribution in [3.63, 3.8) is 0 Å². The summed E-state index contributed by atoms with van der Waals surface area (Å²) in [6, 6.07) is 0. The lowest BCUT2D eigenvalue weighted by atomic mass is 10.2. The minimum Gasteiger partial charge on any atom is -0.469 e. The van der Waals surface area contributed by atoms with E-state index in [4.69, 9.17) is 10.2 Å². The molecule has 2 N–H and O–H groups in total. The molecule has 2 aromatic heterocycles. The summed E-state index contributed by atoms with van der Waals surface area (Å²) in [4.78, 5) is 0. The average molecular weight is 195 g/mol. The first-order chi connectivity index (χ1) is 6.18. The molecule has 0 saturated heterocycles. The van der Waals surface area contributed by atoms with Crippen molar-refractivity contribution in [2.45, 2.75) is 13.8 Å². The van der Waals surface area contributed by atoms with Crippen LogP contribution in [0, 0.1) is 13.8 Å². The maximum Gasteiger partial charge on any atom is 0.203 e. The minimum atomic E-state index is 0.480. The number of rotatable bonds is 1. The summed E-state index contributed by atoms with van der Waals surface area (Å²) in [6.07, 6.45) is 1.69. The summed E-state index contributed by atoms with van der Waals surface area (Å²) >= 11 is 1.36. The molecule has 0 unspecified atom stereocenters. The van der Waals surface area contributed by atoms with Crippen LogP contribution in [0.1, 0.15) is 11.3 Å². The van der Waals surface area contributed by atoms with Gasteiger partial charge >= 0.3 is 0 Å². The second-order valence-corrected chi connectivity index (χ2v) is 3.79. The van der Waals surface area contributed by atoms with E-state index in [1.54, 1.807) is 6.26 Å². The van der Waals surface area contributed by atoms with E-state index in [1.807, 2.05) is 13.8 Å². The van der Waals surface area contributed by atoms with Crippen molar-refractivity contribution >= 4 is 16.5 Å². The van der Waals surface area contributed by atoms with Crippen molar-refractivity contribution in [3.8, 4) is 10.6 Å². The topological polar surface area (TPSA) is 64.9 Å². The highest BCUT2D eigenvalue weighted by Crippen LogP contribution is 2.30. The molecule has 5 heteroatoms. The molecule has 0 amide bonds. The van der Waals surface area contributed by atoms with E-state index in [0.29, 0.717) is 5.13 Å². The Morgan fingerprint density at radius 1 is 1.38 bits per heavy atom. The summed E-state index contributed by atoms with van der Waals surface area (Å²) in [5.74, 6) is 0.906. The van der Waals surface area contributed by atoms with Crippen LogP contribution in [0.5, 0.6) is 0 Å². The highest BCUT2D eigenvalue weighted by atomic mass is 32.1. The van der Waals surface area contributed by atoms with Gasteiger partial charge in [-0.25, -0.2) is 0 Å². The van der Waals surface area contributed by atoms with Crippen molar-refractivity contribution in [2.24, 2.45) is 0 Å². The van der Waals surface area contributed by atoms with Crippen molar-refractivity contribution in [2.75, 3.05) is 5.73 Å². The Labute approximate surface area is 79.4 Å². The van der Waals surface area contributed by atoms with Gasteiger partial charge in [-0.05, 0) is 13.8 Å². The van der Waals surface area contributed by atoms with Crippen LogP contribution >= 0.6 is 11.3 Å². The van der Waals surface area contributed by atoms with E-state index in [2.05, 4.69) is 10.2 Å². The fraction of sp³-hybridized carbons (Fsp3) is 0.250. The molecular formula is C8H9N3OS. The first kappa shape index (κ1) is 8.25. The van der Waals surface area contributed by atoms with E-state index in [-0.39, 0.29) is 0 Å². The first-order valence-electron chi connectivity index (χ1n) is 3.82. The van der Waals surface area contributed by atoms with Crippen molar-refractivity contribution < 1.29 is 4.42 Å². The predicted octanol–water partition coefficient (Wildman–Crippen LogP) is 2.00. The van der Waals surface area contributed by atoms with Gasteiger partial charge in [0.25, 0.3) is 0 Å². The van der Waals surface area contributed by atoms with E-state index in [9.17, 15) is 0 Å². The Kier molecular flexibility index (Phi) is 1.81. The maximum absolute atomic E-state index is 5.49. The number of nitrogens with two attached hydrogens (primary N) is 1. The number of aromatic nitrogens is 2. The molecule has 0 atom stereocenters. The van der Waals surface area contributed by atoms with Crippen LogP contribution in [0.3, 0.4) is 0 Å². The molecule has 0 aliphatic carbocycles. The Morgan fingerprint density at radius 3 is 2.62 bits per heavy atom. The minimum absolute atomic E-state index is 0.480. The fourth-order valence-electron chi connectivity index (χ4n) is 1.07. The summed E-state index contributed by atoms with van der Waals surface area (Å²) in [7, 11) is 0. The summed E-state index contributed by atoms with van der Waals surface area (Å²) in [6.45, 7) is 3.91. The molecule has 0 fully saturated rings.